The summed E-state index contributed by atoms with van der Waals surface area (Å²) in [6.45, 7) is 3.15. The average Bonchev–Trinajstić information content (AvgIpc) is 2.73. The summed E-state index contributed by atoms with van der Waals surface area (Å²) in [6, 6.07) is 12.2. The first-order chi connectivity index (χ1) is 15.1. The topological polar surface area (TPSA) is 122 Å². The van der Waals surface area contributed by atoms with Crippen LogP contribution in [-0.4, -0.2) is 59.6 Å². The summed E-state index contributed by atoms with van der Waals surface area (Å²) < 4.78 is 58.6. The molecule has 2 aromatic carbocycles. The number of benzene rings is 2. The minimum atomic E-state index is -3.83. The molecule has 11 heteroatoms. The lowest BCUT2D eigenvalue weighted by Gasteiger charge is -2.32. The van der Waals surface area contributed by atoms with Crippen LogP contribution in [0.5, 0.6) is 5.75 Å². The molecule has 1 amide bonds. The van der Waals surface area contributed by atoms with Crippen molar-refractivity contribution in [3.63, 3.8) is 0 Å². The standard InChI is InChI=1S/C21H27N3O6S2/c1-3-30-19-7-9-20(10-8-19)32(28,29)23-18-6-4-5-16(15-18)21(25)24-13-11-17(12-14-24)22-31(2,26)27/h4-10,15,17,22-23H,3,11-14H2,1-2H3. The SMILES string of the molecule is CCOc1ccc(S(=O)(=O)Nc2cccc(C(=O)N3CCC(NS(C)(=O)=O)CC3)c2)cc1. The van der Waals surface area contributed by atoms with Gasteiger partial charge >= 0.3 is 0 Å². The van der Waals surface area contributed by atoms with Gasteiger partial charge < -0.3 is 9.64 Å². The number of hydrogen-bond acceptors (Lipinski definition) is 6. The molecule has 0 aromatic heterocycles. The minimum Gasteiger partial charge on any atom is -0.494 e. The van der Waals surface area contributed by atoms with Crippen LogP contribution in [0.1, 0.15) is 30.1 Å². The lowest BCUT2D eigenvalue weighted by Crippen LogP contribution is -2.46. The molecule has 1 heterocycles. The van der Waals surface area contributed by atoms with Gasteiger partial charge in [-0.25, -0.2) is 21.6 Å². The molecule has 0 unspecified atom stereocenters. The van der Waals surface area contributed by atoms with E-state index in [1.807, 2.05) is 6.92 Å². The Morgan fingerprint density at radius 3 is 2.31 bits per heavy atom. The monoisotopic (exact) mass is 481 g/mol. The maximum absolute atomic E-state index is 12.9. The second-order valence-corrected chi connectivity index (χ2v) is 11.0. The Bertz CT molecular complexity index is 1160. The van der Waals surface area contributed by atoms with E-state index in [2.05, 4.69) is 9.44 Å². The number of nitrogens with one attached hydrogen (secondary N) is 2. The fraction of sp³-hybridized carbons (Fsp3) is 0.381. The predicted octanol–water partition coefficient (Wildman–Crippen LogP) is 2.04. The van der Waals surface area contributed by atoms with Crippen molar-refractivity contribution in [3.05, 3.63) is 54.1 Å². The normalized spacial score (nSPS) is 15.4. The third-order valence-corrected chi connectivity index (χ3v) is 7.13. The largest absolute Gasteiger partial charge is 0.494 e. The molecule has 1 aliphatic heterocycles. The Morgan fingerprint density at radius 1 is 1.06 bits per heavy atom. The predicted molar refractivity (Wildman–Crippen MR) is 122 cm³/mol. The lowest BCUT2D eigenvalue weighted by atomic mass is 10.0. The first-order valence-electron chi connectivity index (χ1n) is 10.2. The van der Waals surface area contributed by atoms with Gasteiger partial charge in [-0.1, -0.05) is 6.07 Å². The third-order valence-electron chi connectivity index (χ3n) is 4.97. The van der Waals surface area contributed by atoms with Gasteiger partial charge in [-0.3, -0.25) is 9.52 Å². The van der Waals surface area contributed by atoms with E-state index in [0.717, 1.165) is 6.26 Å². The number of ether oxygens (including phenoxy) is 1. The Labute approximate surface area is 188 Å². The smallest absolute Gasteiger partial charge is 0.261 e. The second kappa shape index (κ2) is 9.88. The Morgan fingerprint density at radius 2 is 1.72 bits per heavy atom. The highest BCUT2D eigenvalue weighted by atomic mass is 32.2. The highest BCUT2D eigenvalue weighted by Crippen LogP contribution is 2.21. The Hall–Kier alpha value is -2.63. The number of amides is 1. The quantitative estimate of drug-likeness (QED) is 0.595. The van der Waals surface area contributed by atoms with Crippen LogP contribution in [0.4, 0.5) is 5.69 Å². The molecule has 0 atom stereocenters. The van der Waals surface area contributed by atoms with Gasteiger partial charge in [0, 0.05) is 30.4 Å². The Kier molecular flexibility index (Phi) is 7.42. The van der Waals surface area contributed by atoms with E-state index in [-0.39, 0.29) is 22.5 Å². The lowest BCUT2D eigenvalue weighted by molar-refractivity contribution is 0.0711. The molecular formula is C21H27N3O6S2. The van der Waals surface area contributed by atoms with E-state index in [1.54, 1.807) is 35.2 Å². The molecule has 174 valence electrons. The third kappa shape index (κ3) is 6.44. The van der Waals surface area contributed by atoms with Gasteiger partial charge in [0.1, 0.15) is 5.75 Å². The summed E-state index contributed by atoms with van der Waals surface area (Å²) in [7, 11) is -7.12. The van der Waals surface area contributed by atoms with Gasteiger partial charge in [0.05, 0.1) is 17.8 Å². The number of sulfonamides is 2. The number of piperidine rings is 1. The molecule has 2 N–H and O–H groups in total. The van der Waals surface area contributed by atoms with Crippen LogP contribution >= 0.6 is 0 Å². The molecule has 0 radical (unpaired) electrons. The highest BCUT2D eigenvalue weighted by Gasteiger charge is 2.25. The number of rotatable bonds is 8. The van der Waals surface area contributed by atoms with Gasteiger partial charge in [0.25, 0.3) is 15.9 Å². The maximum Gasteiger partial charge on any atom is 0.261 e. The van der Waals surface area contributed by atoms with Crippen LogP contribution in [0, 0.1) is 0 Å². The van der Waals surface area contributed by atoms with Crippen molar-refractivity contribution in [1.82, 2.24) is 9.62 Å². The number of likely N-dealkylation sites (tertiary alicyclic amines) is 1. The zero-order chi connectivity index (χ0) is 23.4. The molecule has 3 rings (SSSR count). The molecule has 0 bridgehead atoms. The number of carbonyl (C=O) groups is 1. The summed E-state index contributed by atoms with van der Waals surface area (Å²) >= 11 is 0. The molecule has 32 heavy (non-hydrogen) atoms. The van der Waals surface area contributed by atoms with Gasteiger partial charge in [0.2, 0.25) is 10.0 Å². The van der Waals surface area contributed by atoms with Gasteiger partial charge in [-0.15, -0.1) is 0 Å². The minimum absolute atomic E-state index is 0.0816. The fourth-order valence-electron chi connectivity index (χ4n) is 3.50. The summed E-state index contributed by atoms with van der Waals surface area (Å²) in [5.41, 5.74) is 0.629. The van der Waals surface area contributed by atoms with Crippen molar-refractivity contribution >= 4 is 31.6 Å². The van der Waals surface area contributed by atoms with Crippen molar-refractivity contribution in [2.24, 2.45) is 0 Å². The average molecular weight is 482 g/mol. The van der Waals surface area contributed by atoms with Crippen molar-refractivity contribution in [1.29, 1.82) is 0 Å². The van der Waals surface area contributed by atoms with Crippen LogP contribution in [-0.2, 0) is 20.0 Å². The summed E-state index contributed by atoms with van der Waals surface area (Å²) in [5.74, 6) is 0.347. The molecular weight excluding hydrogens is 454 g/mol. The zero-order valence-corrected chi connectivity index (χ0v) is 19.6. The molecule has 0 aliphatic carbocycles. The van der Waals surface area contributed by atoms with Crippen LogP contribution in [0.3, 0.4) is 0 Å². The molecule has 0 saturated carbocycles. The Balaban J connectivity index is 1.66. The van der Waals surface area contributed by atoms with Gasteiger partial charge in [0.15, 0.2) is 0 Å². The van der Waals surface area contributed by atoms with Crippen molar-refractivity contribution in [2.45, 2.75) is 30.7 Å². The fourth-order valence-corrected chi connectivity index (χ4v) is 5.39. The van der Waals surface area contributed by atoms with E-state index in [9.17, 15) is 21.6 Å². The van der Waals surface area contributed by atoms with E-state index in [1.165, 1.54) is 18.2 Å². The van der Waals surface area contributed by atoms with Crippen LogP contribution in [0.25, 0.3) is 0 Å². The van der Waals surface area contributed by atoms with Gasteiger partial charge in [-0.05, 0) is 62.2 Å². The molecule has 1 saturated heterocycles. The zero-order valence-electron chi connectivity index (χ0n) is 17.9. The molecule has 1 fully saturated rings. The molecule has 2 aromatic rings. The highest BCUT2D eigenvalue weighted by molar-refractivity contribution is 7.92. The first kappa shape index (κ1) is 24.0. The van der Waals surface area contributed by atoms with Gasteiger partial charge in [-0.2, -0.15) is 0 Å². The number of carbonyl (C=O) groups excluding carboxylic acids is 1. The van der Waals surface area contributed by atoms with E-state index in [4.69, 9.17) is 4.74 Å². The van der Waals surface area contributed by atoms with Crippen LogP contribution < -0.4 is 14.2 Å². The van der Waals surface area contributed by atoms with Crippen molar-refractivity contribution in [3.8, 4) is 5.75 Å². The first-order valence-corrected chi connectivity index (χ1v) is 13.6. The summed E-state index contributed by atoms with van der Waals surface area (Å²) in [5, 5.41) is 0. The molecule has 0 spiro atoms. The number of anilines is 1. The second-order valence-electron chi connectivity index (χ2n) is 7.55. The number of hydrogen-bond donors (Lipinski definition) is 2. The van der Waals surface area contributed by atoms with Crippen LogP contribution in [0.15, 0.2) is 53.4 Å². The molecule has 1 aliphatic rings. The van der Waals surface area contributed by atoms with E-state index >= 15 is 0 Å². The summed E-state index contributed by atoms with van der Waals surface area (Å²) in [6.07, 6.45) is 2.15. The van der Waals surface area contributed by atoms with E-state index < -0.39 is 20.0 Å². The van der Waals surface area contributed by atoms with Crippen molar-refractivity contribution in [2.75, 3.05) is 30.7 Å². The molecule has 9 nitrogen and oxygen atoms in total. The maximum atomic E-state index is 12.9. The van der Waals surface area contributed by atoms with Crippen LogP contribution in [0.2, 0.25) is 0 Å². The summed E-state index contributed by atoms with van der Waals surface area (Å²) in [4.78, 5) is 14.6. The number of nitrogens with zero attached hydrogens (tertiary/aromatic N) is 1. The van der Waals surface area contributed by atoms with E-state index in [0.29, 0.717) is 43.9 Å². The van der Waals surface area contributed by atoms with Crippen molar-refractivity contribution < 1.29 is 26.4 Å².